The van der Waals surface area contributed by atoms with E-state index >= 15 is 0 Å². The molecule has 2 saturated heterocycles. The molecule has 2 N–H and O–H groups in total. The van der Waals surface area contributed by atoms with E-state index in [2.05, 4.69) is 14.9 Å². The number of sulfonamides is 1. The van der Waals surface area contributed by atoms with Gasteiger partial charge in [-0.05, 0) is 75.8 Å². The standard InChI is InChI=1S/C27H41N3O6S.2ClH/c1-3-35-26(31)24-13-22-12-20(10-11-21(22)15-28-24)16-30-17-23(14-25(30)27(32)36-4-2)29-37(33,34)18-19-8-6-5-7-9-19;;/h5-9,20-25,28-29H,3-4,10-18H2,1-2H3;2*1H/t20-,21-,22+,23-,24-,25-;;/m0../s1. The Hall–Kier alpha value is -1.43. The molecule has 0 radical (unpaired) electrons. The summed E-state index contributed by atoms with van der Waals surface area (Å²) in [6, 6.07) is 8.06. The van der Waals surface area contributed by atoms with E-state index in [4.69, 9.17) is 9.47 Å². The summed E-state index contributed by atoms with van der Waals surface area (Å²) in [7, 11) is -3.55. The number of carbonyl (C=O) groups excluding carboxylic acids is 2. The van der Waals surface area contributed by atoms with Gasteiger partial charge in [-0.25, -0.2) is 13.1 Å². The summed E-state index contributed by atoms with van der Waals surface area (Å²) in [4.78, 5) is 27.2. The number of piperidine rings is 1. The van der Waals surface area contributed by atoms with Crippen LogP contribution in [0.4, 0.5) is 0 Å². The van der Waals surface area contributed by atoms with E-state index in [0.717, 1.165) is 44.3 Å². The molecule has 4 rings (SSSR count). The minimum absolute atomic E-state index is 0. The van der Waals surface area contributed by atoms with Crippen LogP contribution in [0.3, 0.4) is 0 Å². The van der Waals surface area contributed by atoms with Crippen LogP contribution in [0, 0.1) is 17.8 Å². The van der Waals surface area contributed by atoms with E-state index in [1.807, 2.05) is 25.1 Å². The first kappa shape index (κ1) is 33.8. The number of fused-ring (bicyclic) bond motifs is 1. The van der Waals surface area contributed by atoms with Crippen LogP contribution in [0.25, 0.3) is 0 Å². The maximum absolute atomic E-state index is 12.9. The van der Waals surface area contributed by atoms with Crippen molar-refractivity contribution >= 4 is 46.8 Å². The molecule has 0 amide bonds. The second-order valence-corrected chi connectivity index (χ2v) is 12.4. The van der Waals surface area contributed by atoms with Gasteiger partial charge in [-0.15, -0.1) is 24.8 Å². The van der Waals surface area contributed by atoms with Crippen molar-refractivity contribution in [3.8, 4) is 0 Å². The molecule has 9 nitrogen and oxygen atoms in total. The molecule has 1 aromatic carbocycles. The Kier molecular flexibility index (Phi) is 13.5. The van der Waals surface area contributed by atoms with E-state index in [0.29, 0.717) is 43.9 Å². The third-order valence-electron chi connectivity index (χ3n) is 7.99. The smallest absolute Gasteiger partial charge is 0.323 e. The number of likely N-dealkylation sites (tertiary alicyclic amines) is 1. The molecule has 0 aromatic heterocycles. The molecular formula is C27H43Cl2N3O6S. The van der Waals surface area contributed by atoms with Crippen molar-refractivity contribution in [2.24, 2.45) is 17.8 Å². The van der Waals surface area contributed by atoms with E-state index in [-0.39, 0.29) is 54.6 Å². The molecule has 2 aliphatic heterocycles. The molecule has 39 heavy (non-hydrogen) atoms. The van der Waals surface area contributed by atoms with Crippen molar-refractivity contribution in [1.29, 1.82) is 0 Å². The third kappa shape index (κ3) is 9.30. The van der Waals surface area contributed by atoms with Gasteiger partial charge in [0, 0.05) is 19.1 Å². The fraction of sp³-hybridized carbons (Fsp3) is 0.704. The maximum Gasteiger partial charge on any atom is 0.323 e. The van der Waals surface area contributed by atoms with Gasteiger partial charge in [-0.1, -0.05) is 30.3 Å². The average molecular weight is 609 g/mol. The van der Waals surface area contributed by atoms with Gasteiger partial charge in [0.1, 0.15) is 12.1 Å². The van der Waals surface area contributed by atoms with Gasteiger partial charge < -0.3 is 14.8 Å². The lowest BCUT2D eigenvalue weighted by Gasteiger charge is -2.43. The van der Waals surface area contributed by atoms with E-state index in [9.17, 15) is 18.0 Å². The van der Waals surface area contributed by atoms with Crippen LogP contribution in [-0.2, 0) is 34.8 Å². The number of halogens is 2. The molecule has 0 spiro atoms. The number of nitrogens with one attached hydrogen (secondary N) is 2. The van der Waals surface area contributed by atoms with Crippen molar-refractivity contribution in [2.45, 2.75) is 69.8 Å². The van der Waals surface area contributed by atoms with Crippen LogP contribution in [0.1, 0.15) is 51.5 Å². The summed E-state index contributed by atoms with van der Waals surface area (Å²) in [5.74, 6) is 0.840. The molecular weight excluding hydrogens is 565 g/mol. The number of rotatable bonds is 10. The monoisotopic (exact) mass is 607 g/mol. The molecule has 1 saturated carbocycles. The lowest BCUT2D eigenvalue weighted by atomic mass is 9.69. The third-order valence-corrected chi connectivity index (χ3v) is 9.39. The Balaban J connectivity index is 0.00000267. The van der Waals surface area contributed by atoms with Gasteiger partial charge in [-0.3, -0.25) is 14.5 Å². The zero-order chi connectivity index (χ0) is 26.4. The summed E-state index contributed by atoms with van der Waals surface area (Å²) < 4.78 is 39.1. The lowest BCUT2D eigenvalue weighted by molar-refractivity contribution is -0.149. The second-order valence-electron chi connectivity index (χ2n) is 10.7. The summed E-state index contributed by atoms with van der Waals surface area (Å²) in [5.41, 5.74) is 0.728. The lowest BCUT2D eigenvalue weighted by Crippen LogP contribution is -2.51. The van der Waals surface area contributed by atoms with Crippen molar-refractivity contribution in [3.63, 3.8) is 0 Å². The Morgan fingerprint density at radius 2 is 1.67 bits per heavy atom. The van der Waals surface area contributed by atoms with Crippen molar-refractivity contribution in [1.82, 2.24) is 14.9 Å². The second kappa shape index (κ2) is 15.5. The molecule has 222 valence electrons. The highest BCUT2D eigenvalue weighted by Crippen LogP contribution is 2.39. The quantitative estimate of drug-likeness (QED) is 0.390. The van der Waals surface area contributed by atoms with E-state index in [1.165, 1.54) is 0 Å². The summed E-state index contributed by atoms with van der Waals surface area (Å²) in [6.45, 7) is 6.33. The van der Waals surface area contributed by atoms with Crippen LogP contribution >= 0.6 is 24.8 Å². The molecule has 0 bridgehead atoms. The highest BCUT2D eigenvalue weighted by Gasteiger charge is 2.43. The first-order chi connectivity index (χ1) is 17.8. The van der Waals surface area contributed by atoms with Crippen LogP contribution in [0.5, 0.6) is 0 Å². The normalized spacial score (nSPS) is 28.9. The van der Waals surface area contributed by atoms with Crippen LogP contribution in [-0.4, -0.2) is 76.2 Å². The highest BCUT2D eigenvalue weighted by molar-refractivity contribution is 7.88. The van der Waals surface area contributed by atoms with Crippen molar-refractivity contribution in [2.75, 3.05) is 32.8 Å². The van der Waals surface area contributed by atoms with Gasteiger partial charge in [0.15, 0.2) is 0 Å². The average Bonchev–Trinajstić information content (AvgIpc) is 3.25. The Morgan fingerprint density at radius 3 is 2.36 bits per heavy atom. The Morgan fingerprint density at radius 1 is 0.974 bits per heavy atom. The summed E-state index contributed by atoms with van der Waals surface area (Å²) in [6.07, 6.45) is 4.33. The van der Waals surface area contributed by atoms with Gasteiger partial charge in [0.25, 0.3) is 0 Å². The minimum atomic E-state index is -3.55. The molecule has 6 atom stereocenters. The van der Waals surface area contributed by atoms with E-state index < -0.39 is 16.1 Å². The Labute approximate surface area is 245 Å². The molecule has 3 aliphatic rings. The SMILES string of the molecule is CCOC(=O)[C@@H]1C[C@H]2C[C@@H](CN3C[C@@H](NS(=O)(=O)Cc4ccccc4)C[C@H]3C(=O)OCC)CC[C@H]2CN1.Cl.Cl. The number of ether oxygens (including phenoxy) is 2. The van der Waals surface area contributed by atoms with E-state index in [1.54, 1.807) is 19.1 Å². The largest absolute Gasteiger partial charge is 0.465 e. The molecule has 2 heterocycles. The highest BCUT2D eigenvalue weighted by atomic mass is 35.5. The predicted octanol–water partition coefficient (Wildman–Crippen LogP) is 2.91. The van der Waals surface area contributed by atoms with Crippen LogP contribution in [0.15, 0.2) is 30.3 Å². The number of nitrogens with zero attached hydrogens (tertiary/aromatic N) is 1. The molecule has 1 aromatic rings. The topological polar surface area (TPSA) is 114 Å². The van der Waals surface area contributed by atoms with Gasteiger partial charge in [-0.2, -0.15) is 0 Å². The van der Waals surface area contributed by atoms with Gasteiger partial charge in [0.05, 0.1) is 19.0 Å². The first-order valence-corrected chi connectivity index (χ1v) is 15.3. The molecule has 0 unspecified atom stereocenters. The number of hydrogen-bond donors (Lipinski definition) is 2. The first-order valence-electron chi connectivity index (χ1n) is 13.6. The fourth-order valence-corrected chi connectivity index (χ4v) is 7.74. The van der Waals surface area contributed by atoms with Crippen molar-refractivity contribution < 1.29 is 27.5 Å². The number of benzene rings is 1. The van der Waals surface area contributed by atoms with Crippen LogP contribution < -0.4 is 10.0 Å². The molecule has 1 aliphatic carbocycles. The minimum Gasteiger partial charge on any atom is -0.465 e. The number of carbonyl (C=O) groups is 2. The van der Waals surface area contributed by atoms with Gasteiger partial charge >= 0.3 is 11.9 Å². The maximum atomic E-state index is 12.9. The predicted molar refractivity (Wildman–Crippen MR) is 154 cm³/mol. The zero-order valence-corrected chi connectivity index (χ0v) is 25.2. The molecule has 12 heteroatoms. The van der Waals surface area contributed by atoms with Gasteiger partial charge in [0.2, 0.25) is 10.0 Å². The fourth-order valence-electron chi connectivity index (χ4n) is 6.34. The number of esters is 2. The summed E-state index contributed by atoms with van der Waals surface area (Å²) in [5, 5.41) is 3.36. The number of hydrogen-bond acceptors (Lipinski definition) is 8. The Bertz CT molecular complexity index is 1030. The summed E-state index contributed by atoms with van der Waals surface area (Å²) >= 11 is 0. The van der Waals surface area contributed by atoms with Crippen LogP contribution in [0.2, 0.25) is 0 Å². The van der Waals surface area contributed by atoms with Crippen molar-refractivity contribution in [3.05, 3.63) is 35.9 Å². The zero-order valence-electron chi connectivity index (χ0n) is 22.8. The molecule has 3 fully saturated rings.